The van der Waals surface area contributed by atoms with Crippen LogP contribution in [0.25, 0.3) is 0 Å². The molecule has 0 aliphatic heterocycles. The van der Waals surface area contributed by atoms with Crippen LogP contribution < -0.4 is 5.32 Å². The summed E-state index contributed by atoms with van der Waals surface area (Å²) in [4.78, 5) is 21.3. The zero-order valence-corrected chi connectivity index (χ0v) is 9.67. The maximum Gasteiger partial charge on any atom is 0.272 e. The molecule has 86 valence electrons. The van der Waals surface area contributed by atoms with Gasteiger partial charge in [-0.1, -0.05) is 0 Å². The molecule has 0 heterocycles. The first-order chi connectivity index (χ1) is 7.45. The summed E-state index contributed by atoms with van der Waals surface area (Å²) in [5.74, 6) is -0.479. The maximum absolute atomic E-state index is 11.1. The standard InChI is InChI=1S/C10H11ClN2O3/c1-6-4-9(13(15)16)7(2)3-8(6)12-10(14)5-11/h3-4H,5H2,1-2H3,(H,12,14). The first-order valence-electron chi connectivity index (χ1n) is 4.57. The van der Waals surface area contributed by atoms with Crippen molar-refractivity contribution in [1.82, 2.24) is 0 Å². The van der Waals surface area contributed by atoms with E-state index in [0.29, 0.717) is 16.8 Å². The van der Waals surface area contributed by atoms with Gasteiger partial charge >= 0.3 is 0 Å². The molecule has 5 nitrogen and oxygen atoms in total. The van der Waals surface area contributed by atoms with Crippen molar-refractivity contribution in [3.05, 3.63) is 33.4 Å². The molecule has 0 radical (unpaired) electrons. The van der Waals surface area contributed by atoms with Crippen LogP contribution in [0, 0.1) is 24.0 Å². The van der Waals surface area contributed by atoms with Crippen LogP contribution in [0.4, 0.5) is 11.4 Å². The van der Waals surface area contributed by atoms with Gasteiger partial charge in [0.05, 0.1) is 4.92 Å². The zero-order valence-electron chi connectivity index (χ0n) is 8.91. The van der Waals surface area contributed by atoms with Crippen molar-refractivity contribution in [2.45, 2.75) is 13.8 Å². The first kappa shape index (κ1) is 12.4. The largest absolute Gasteiger partial charge is 0.325 e. The van der Waals surface area contributed by atoms with E-state index in [4.69, 9.17) is 11.6 Å². The second-order valence-corrected chi connectivity index (χ2v) is 3.66. The fraction of sp³-hybridized carbons (Fsp3) is 0.300. The summed E-state index contributed by atoms with van der Waals surface area (Å²) in [5, 5.41) is 13.2. The third-order valence-corrected chi connectivity index (χ3v) is 2.38. The van der Waals surface area contributed by atoms with Crippen LogP contribution in [0.1, 0.15) is 11.1 Å². The summed E-state index contributed by atoms with van der Waals surface area (Å²) in [5.41, 5.74) is 1.73. The summed E-state index contributed by atoms with van der Waals surface area (Å²) in [6.45, 7) is 3.31. The normalized spacial score (nSPS) is 9.94. The van der Waals surface area contributed by atoms with Crippen LogP contribution in [0.2, 0.25) is 0 Å². The molecule has 0 saturated carbocycles. The number of hydrogen-bond donors (Lipinski definition) is 1. The Morgan fingerprint density at radius 3 is 2.56 bits per heavy atom. The minimum absolute atomic E-state index is 0.0429. The fourth-order valence-electron chi connectivity index (χ4n) is 1.32. The first-order valence-corrected chi connectivity index (χ1v) is 5.10. The Kier molecular flexibility index (Phi) is 3.84. The van der Waals surface area contributed by atoms with Crippen LogP contribution in [0.3, 0.4) is 0 Å². The van der Waals surface area contributed by atoms with Crippen molar-refractivity contribution in [3.63, 3.8) is 0 Å². The van der Waals surface area contributed by atoms with E-state index in [-0.39, 0.29) is 17.5 Å². The van der Waals surface area contributed by atoms with E-state index in [1.54, 1.807) is 19.9 Å². The molecule has 0 saturated heterocycles. The number of nitrogens with zero attached hydrogens (tertiary/aromatic N) is 1. The van der Waals surface area contributed by atoms with Gasteiger partial charge in [0.15, 0.2) is 0 Å². The average molecular weight is 243 g/mol. The predicted octanol–water partition coefficient (Wildman–Crippen LogP) is 2.39. The molecule has 1 aromatic carbocycles. The Hall–Kier alpha value is -1.62. The smallest absolute Gasteiger partial charge is 0.272 e. The Morgan fingerprint density at radius 2 is 2.06 bits per heavy atom. The van der Waals surface area contributed by atoms with Gasteiger partial charge in [-0.3, -0.25) is 14.9 Å². The number of benzene rings is 1. The van der Waals surface area contributed by atoms with Crippen molar-refractivity contribution in [2.75, 3.05) is 11.2 Å². The zero-order chi connectivity index (χ0) is 12.3. The highest BCUT2D eigenvalue weighted by Gasteiger charge is 2.14. The summed E-state index contributed by atoms with van der Waals surface area (Å²) >= 11 is 5.36. The van der Waals surface area contributed by atoms with E-state index in [0.717, 1.165) is 0 Å². The number of nitro groups is 1. The number of carbonyl (C=O) groups excluding carboxylic acids is 1. The number of rotatable bonds is 3. The highest BCUT2D eigenvalue weighted by Crippen LogP contribution is 2.25. The van der Waals surface area contributed by atoms with Crippen LogP contribution in [0.5, 0.6) is 0 Å². The highest BCUT2D eigenvalue weighted by atomic mass is 35.5. The molecule has 1 amide bonds. The number of alkyl halides is 1. The van der Waals surface area contributed by atoms with Gasteiger partial charge in [-0.15, -0.1) is 11.6 Å². The highest BCUT2D eigenvalue weighted by molar-refractivity contribution is 6.29. The van der Waals surface area contributed by atoms with Gasteiger partial charge in [-0.2, -0.15) is 0 Å². The predicted molar refractivity (Wildman–Crippen MR) is 61.9 cm³/mol. The number of halogens is 1. The second kappa shape index (κ2) is 4.94. The van der Waals surface area contributed by atoms with E-state index < -0.39 is 4.92 Å². The van der Waals surface area contributed by atoms with Gasteiger partial charge in [0.25, 0.3) is 5.69 Å². The van der Waals surface area contributed by atoms with Gasteiger partial charge in [0, 0.05) is 17.3 Å². The van der Waals surface area contributed by atoms with E-state index in [1.807, 2.05) is 0 Å². The monoisotopic (exact) mass is 242 g/mol. The summed E-state index contributed by atoms with van der Waals surface area (Å²) < 4.78 is 0. The van der Waals surface area contributed by atoms with Crippen LogP contribution in [0.15, 0.2) is 12.1 Å². The molecule has 0 atom stereocenters. The molecular weight excluding hydrogens is 232 g/mol. The minimum Gasteiger partial charge on any atom is -0.325 e. The third-order valence-electron chi connectivity index (χ3n) is 2.14. The molecule has 1 rings (SSSR count). The van der Waals surface area contributed by atoms with Crippen molar-refractivity contribution in [3.8, 4) is 0 Å². The molecule has 0 spiro atoms. The third kappa shape index (κ3) is 2.70. The lowest BCUT2D eigenvalue weighted by atomic mass is 10.1. The number of aryl methyl sites for hydroxylation is 2. The molecule has 0 aliphatic rings. The number of carbonyl (C=O) groups is 1. The topological polar surface area (TPSA) is 72.2 Å². The molecule has 0 aromatic heterocycles. The van der Waals surface area contributed by atoms with Crippen molar-refractivity contribution in [1.29, 1.82) is 0 Å². The number of nitro benzene ring substituents is 1. The van der Waals surface area contributed by atoms with Gasteiger partial charge in [0.2, 0.25) is 5.91 Å². The average Bonchev–Trinajstić information content (AvgIpc) is 2.22. The van der Waals surface area contributed by atoms with Crippen LogP contribution >= 0.6 is 11.6 Å². The number of hydrogen-bond acceptors (Lipinski definition) is 3. The summed E-state index contributed by atoms with van der Waals surface area (Å²) in [6, 6.07) is 3.00. The molecule has 1 aromatic rings. The van der Waals surface area contributed by atoms with Crippen molar-refractivity contribution in [2.24, 2.45) is 0 Å². The van der Waals surface area contributed by atoms with Crippen molar-refractivity contribution < 1.29 is 9.72 Å². The van der Waals surface area contributed by atoms with Gasteiger partial charge < -0.3 is 5.32 Å². The van der Waals surface area contributed by atoms with E-state index in [9.17, 15) is 14.9 Å². The lowest BCUT2D eigenvalue weighted by Gasteiger charge is -2.08. The lowest BCUT2D eigenvalue weighted by molar-refractivity contribution is -0.385. The Bertz CT molecular complexity index is 446. The second-order valence-electron chi connectivity index (χ2n) is 3.39. The molecule has 0 bridgehead atoms. The van der Waals surface area contributed by atoms with Crippen molar-refractivity contribution >= 4 is 28.9 Å². The molecular formula is C10H11ClN2O3. The Balaban J connectivity index is 3.10. The number of nitrogens with one attached hydrogen (secondary N) is 1. The van der Waals surface area contributed by atoms with E-state index in [1.165, 1.54) is 6.07 Å². The van der Waals surface area contributed by atoms with Gasteiger partial charge in [0.1, 0.15) is 5.88 Å². The van der Waals surface area contributed by atoms with E-state index >= 15 is 0 Å². The molecule has 16 heavy (non-hydrogen) atoms. The molecule has 1 N–H and O–H groups in total. The fourth-order valence-corrected chi connectivity index (χ4v) is 1.38. The minimum atomic E-state index is -0.449. The molecule has 0 fully saturated rings. The van der Waals surface area contributed by atoms with Gasteiger partial charge in [-0.25, -0.2) is 0 Å². The maximum atomic E-state index is 11.1. The SMILES string of the molecule is Cc1cc([N+](=O)[O-])c(C)cc1NC(=O)CCl. The molecule has 6 heteroatoms. The van der Waals surface area contributed by atoms with Gasteiger partial charge in [-0.05, 0) is 25.5 Å². The molecule has 0 unspecified atom stereocenters. The Labute approximate surface area is 97.6 Å². The summed E-state index contributed by atoms with van der Waals surface area (Å²) in [6.07, 6.45) is 0. The molecule has 0 aliphatic carbocycles. The summed E-state index contributed by atoms with van der Waals surface area (Å²) in [7, 11) is 0. The quantitative estimate of drug-likeness (QED) is 0.503. The number of amides is 1. The number of anilines is 1. The van der Waals surface area contributed by atoms with Crippen LogP contribution in [-0.2, 0) is 4.79 Å². The van der Waals surface area contributed by atoms with Crippen LogP contribution in [-0.4, -0.2) is 16.7 Å². The lowest BCUT2D eigenvalue weighted by Crippen LogP contribution is -2.13. The Morgan fingerprint density at radius 1 is 1.44 bits per heavy atom. The van der Waals surface area contributed by atoms with E-state index in [2.05, 4.69) is 5.32 Å².